The van der Waals surface area contributed by atoms with Crippen LogP contribution in [0.3, 0.4) is 0 Å². The van der Waals surface area contributed by atoms with Gasteiger partial charge < -0.3 is 10.2 Å². The molecule has 1 aliphatic heterocycles. The molecule has 0 radical (unpaired) electrons. The third-order valence-electron chi connectivity index (χ3n) is 4.20. The van der Waals surface area contributed by atoms with Crippen molar-refractivity contribution in [2.24, 2.45) is 5.92 Å². The highest BCUT2D eigenvalue weighted by Crippen LogP contribution is 2.25. The van der Waals surface area contributed by atoms with Crippen molar-refractivity contribution in [2.45, 2.75) is 20.8 Å². The van der Waals surface area contributed by atoms with Gasteiger partial charge in [-0.2, -0.15) is 0 Å². The van der Waals surface area contributed by atoms with Crippen molar-refractivity contribution in [2.75, 3.05) is 18.4 Å². The molecule has 0 unspecified atom stereocenters. The van der Waals surface area contributed by atoms with Gasteiger partial charge in [0.15, 0.2) is 0 Å². The summed E-state index contributed by atoms with van der Waals surface area (Å²) in [5, 5.41) is 4.92. The molecule has 1 N–H and O–H groups in total. The van der Waals surface area contributed by atoms with Crippen LogP contribution < -0.4 is 5.32 Å². The molecule has 1 fully saturated rings. The summed E-state index contributed by atoms with van der Waals surface area (Å²) in [6, 6.07) is 7.82. The lowest BCUT2D eigenvalue weighted by Gasteiger charge is -2.38. The van der Waals surface area contributed by atoms with Gasteiger partial charge >= 0.3 is 0 Å². The Morgan fingerprint density at radius 3 is 2.39 bits per heavy atom. The van der Waals surface area contributed by atoms with Gasteiger partial charge in [0.2, 0.25) is 5.91 Å². The number of thiophene rings is 1. The van der Waals surface area contributed by atoms with E-state index in [-0.39, 0.29) is 17.7 Å². The van der Waals surface area contributed by atoms with Gasteiger partial charge in [-0.3, -0.25) is 9.59 Å². The molecular weight excluding hydrogens is 308 g/mol. The highest BCUT2D eigenvalue weighted by molar-refractivity contribution is 7.12. The van der Waals surface area contributed by atoms with Gasteiger partial charge in [0.25, 0.3) is 5.91 Å². The molecule has 3 rings (SSSR count). The molecule has 1 aromatic carbocycles. The molecule has 1 aliphatic rings. The van der Waals surface area contributed by atoms with Crippen LogP contribution in [0, 0.1) is 26.7 Å². The predicted octanol–water partition coefficient (Wildman–Crippen LogP) is 3.38. The zero-order valence-corrected chi connectivity index (χ0v) is 14.4. The van der Waals surface area contributed by atoms with Crippen LogP contribution in [0.25, 0.3) is 0 Å². The summed E-state index contributed by atoms with van der Waals surface area (Å²) in [4.78, 5) is 27.0. The monoisotopic (exact) mass is 328 g/mol. The average Bonchev–Trinajstić information content (AvgIpc) is 2.95. The zero-order chi connectivity index (χ0) is 16.6. The lowest BCUT2D eigenvalue weighted by Crippen LogP contribution is -2.54. The maximum absolute atomic E-state index is 12.4. The van der Waals surface area contributed by atoms with Crippen molar-refractivity contribution in [1.82, 2.24) is 4.90 Å². The molecule has 5 heteroatoms. The van der Waals surface area contributed by atoms with E-state index < -0.39 is 0 Å². The minimum absolute atomic E-state index is 0.00437. The van der Waals surface area contributed by atoms with E-state index in [1.807, 2.05) is 38.3 Å². The number of hydrogen-bond acceptors (Lipinski definition) is 3. The molecule has 0 bridgehead atoms. The molecule has 0 spiro atoms. The molecule has 2 aromatic rings. The molecule has 1 aromatic heterocycles. The standard InChI is InChI=1S/C18H20N2O2S/c1-11-7-12(2)16(13(3)8-11)19-17(21)14-9-20(10-14)18(22)15-5-4-6-23-15/h4-8,14H,9-10H2,1-3H3,(H,19,21). The first-order valence-electron chi connectivity index (χ1n) is 7.67. The van der Waals surface area contributed by atoms with Crippen LogP contribution >= 0.6 is 11.3 Å². The Hall–Kier alpha value is -2.14. The SMILES string of the molecule is Cc1cc(C)c(NC(=O)C2CN(C(=O)c3cccs3)C2)c(C)c1. The van der Waals surface area contributed by atoms with E-state index in [4.69, 9.17) is 0 Å². The fourth-order valence-electron chi connectivity index (χ4n) is 2.97. The largest absolute Gasteiger partial charge is 0.336 e. The Bertz CT molecular complexity index is 723. The minimum Gasteiger partial charge on any atom is -0.336 e. The van der Waals surface area contributed by atoms with E-state index in [9.17, 15) is 9.59 Å². The second kappa shape index (κ2) is 6.16. The number of amides is 2. The lowest BCUT2D eigenvalue weighted by molar-refractivity contribution is -0.123. The van der Waals surface area contributed by atoms with Gasteiger partial charge in [-0.05, 0) is 43.3 Å². The first kappa shape index (κ1) is 15.7. The number of likely N-dealkylation sites (tertiary alicyclic amines) is 1. The van der Waals surface area contributed by atoms with Crippen LogP contribution in [0.2, 0.25) is 0 Å². The van der Waals surface area contributed by atoms with Crippen molar-refractivity contribution in [3.8, 4) is 0 Å². The predicted molar refractivity (Wildman–Crippen MR) is 93.0 cm³/mol. The Kier molecular flexibility index (Phi) is 4.22. The lowest BCUT2D eigenvalue weighted by atomic mass is 9.97. The Labute approximate surface area is 140 Å². The summed E-state index contributed by atoms with van der Waals surface area (Å²) in [5.41, 5.74) is 4.22. The summed E-state index contributed by atoms with van der Waals surface area (Å²) >= 11 is 1.43. The van der Waals surface area contributed by atoms with Crippen molar-refractivity contribution in [3.05, 3.63) is 51.2 Å². The highest BCUT2D eigenvalue weighted by Gasteiger charge is 2.36. The van der Waals surface area contributed by atoms with Crippen LogP contribution in [-0.2, 0) is 4.79 Å². The Morgan fingerprint density at radius 1 is 1.17 bits per heavy atom. The fraction of sp³-hybridized carbons (Fsp3) is 0.333. The summed E-state index contributed by atoms with van der Waals surface area (Å²) in [6.45, 7) is 7.04. The molecule has 0 saturated carbocycles. The van der Waals surface area contributed by atoms with Gasteiger partial charge in [-0.1, -0.05) is 23.8 Å². The molecule has 0 aliphatic carbocycles. The summed E-state index contributed by atoms with van der Waals surface area (Å²) in [7, 11) is 0. The number of carbonyl (C=O) groups is 2. The van der Waals surface area contributed by atoms with Gasteiger partial charge in [-0.15, -0.1) is 11.3 Å². The van der Waals surface area contributed by atoms with Crippen molar-refractivity contribution >= 4 is 28.8 Å². The summed E-state index contributed by atoms with van der Waals surface area (Å²) in [6.07, 6.45) is 0. The topological polar surface area (TPSA) is 49.4 Å². The fourth-order valence-corrected chi connectivity index (χ4v) is 3.66. The van der Waals surface area contributed by atoms with Crippen LogP contribution in [-0.4, -0.2) is 29.8 Å². The van der Waals surface area contributed by atoms with Crippen molar-refractivity contribution < 1.29 is 9.59 Å². The number of nitrogens with zero attached hydrogens (tertiary/aromatic N) is 1. The molecular formula is C18H20N2O2S. The number of anilines is 1. The average molecular weight is 328 g/mol. The molecule has 0 atom stereocenters. The van der Waals surface area contributed by atoms with Gasteiger partial charge in [-0.25, -0.2) is 0 Å². The van der Waals surface area contributed by atoms with Crippen molar-refractivity contribution in [3.63, 3.8) is 0 Å². The smallest absolute Gasteiger partial charge is 0.263 e. The van der Waals surface area contributed by atoms with Gasteiger partial charge in [0.1, 0.15) is 0 Å². The summed E-state index contributed by atoms with van der Waals surface area (Å²) in [5.74, 6) is -0.110. The van der Waals surface area contributed by atoms with E-state index in [1.165, 1.54) is 16.9 Å². The number of benzene rings is 1. The maximum atomic E-state index is 12.4. The van der Waals surface area contributed by atoms with E-state index in [0.717, 1.165) is 21.7 Å². The zero-order valence-electron chi connectivity index (χ0n) is 13.6. The van der Waals surface area contributed by atoms with Crippen LogP contribution in [0.4, 0.5) is 5.69 Å². The third-order valence-corrected chi connectivity index (χ3v) is 5.05. The molecule has 2 amide bonds. The van der Waals surface area contributed by atoms with E-state index in [1.54, 1.807) is 4.90 Å². The molecule has 23 heavy (non-hydrogen) atoms. The Balaban J connectivity index is 1.60. The summed E-state index contributed by atoms with van der Waals surface area (Å²) < 4.78 is 0. The Morgan fingerprint density at radius 2 is 1.83 bits per heavy atom. The molecule has 4 nitrogen and oxygen atoms in total. The molecule has 120 valence electrons. The number of carbonyl (C=O) groups excluding carboxylic acids is 2. The van der Waals surface area contributed by atoms with E-state index in [0.29, 0.717) is 13.1 Å². The second-order valence-corrected chi connectivity index (χ2v) is 7.10. The highest BCUT2D eigenvalue weighted by atomic mass is 32.1. The normalized spacial score (nSPS) is 14.5. The van der Waals surface area contributed by atoms with Crippen LogP contribution in [0.1, 0.15) is 26.4 Å². The number of hydrogen-bond donors (Lipinski definition) is 1. The first-order valence-corrected chi connectivity index (χ1v) is 8.55. The first-order chi connectivity index (χ1) is 11.0. The van der Waals surface area contributed by atoms with E-state index in [2.05, 4.69) is 17.4 Å². The van der Waals surface area contributed by atoms with E-state index >= 15 is 0 Å². The maximum Gasteiger partial charge on any atom is 0.263 e. The number of nitrogens with one attached hydrogen (secondary N) is 1. The number of rotatable bonds is 3. The van der Waals surface area contributed by atoms with Crippen molar-refractivity contribution in [1.29, 1.82) is 0 Å². The van der Waals surface area contributed by atoms with Gasteiger partial charge in [0, 0.05) is 18.8 Å². The third kappa shape index (κ3) is 3.15. The van der Waals surface area contributed by atoms with Crippen LogP contribution in [0.15, 0.2) is 29.6 Å². The van der Waals surface area contributed by atoms with Gasteiger partial charge in [0.05, 0.1) is 10.8 Å². The quantitative estimate of drug-likeness (QED) is 0.939. The second-order valence-electron chi connectivity index (χ2n) is 6.15. The molecule has 1 saturated heterocycles. The van der Waals surface area contributed by atoms with Crippen LogP contribution in [0.5, 0.6) is 0 Å². The minimum atomic E-state index is -0.126. The number of aryl methyl sites for hydroxylation is 3. The molecule has 2 heterocycles.